The van der Waals surface area contributed by atoms with Crippen molar-refractivity contribution in [1.82, 2.24) is 10.6 Å². The van der Waals surface area contributed by atoms with Crippen molar-refractivity contribution in [3.05, 3.63) is 0 Å². The topological polar surface area (TPSA) is 557 Å². The normalized spacial score (nSPS) is 40.3. The number of amides is 2. The number of rotatable bonds is 24. The number of carboxylic acid groups (broad SMARTS) is 1. The molecular formula is C37H64N2O32S. The molecule has 35 heteroatoms. The first-order chi connectivity index (χ1) is 33.6. The molecule has 20 N–H and O–H groups in total. The Hall–Kier alpha value is -2.68. The van der Waals surface area contributed by atoms with E-state index < -0.39 is 227 Å². The number of carboxylic acids is 1. The first-order valence-electron chi connectivity index (χ1n) is 21.8. The molecule has 0 radical (unpaired) electrons. The van der Waals surface area contributed by atoms with Crippen LogP contribution in [0, 0.1) is 0 Å². The lowest BCUT2D eigenvalue weighted by Crippen LogP contribution is -2.73. The molecule has 4 aliphatic heterocycles. The molecule has 0 spiro atoms. The molecule has 0 unspecified atom stereocenters. The van der Waals surface area contributed by atoms with Crippen molar-refractivity contribution >= 4 is 28.2 Å². The molecule has 420 valence electrons. The summed E-state index contributed by atoms with van der Waals surface area (Å²) in [5, 5.41) is 184. The molecule has 4 saturated heterocycles. The third-order valence-electron chi connectivity index (χ3n) is 11.9. The zero-order valence-electron chi connectivity index (χ0n) is 38.0. The van der Waals surface area contributed by atoms with Crippen LogP contribution in [0.3, 0.4) is 0 Å². The highest BCUT2D eigenvalue weighted by atomic mass is 32.3. The molecule has 4 rings (SSSR count). The van der Waals surface area contributed by atoms with E-state index in [4.69, 9.17) is 37.9 Å². The van der Waals surface area contributed by atoms with Gasteiger partial charge in [-0.15, -0.1) is 0 Å². The van der Waals surface area contributed by atoms with Gasteiger partial charge in [0, 0.05) is 20.3 Å². The van der Waals surface area contributed by atoms with E-state index in [0.717, 1.165) is 13.8 Å². The van der Waals surface area contributed by atoms with Crippen molar-refractivity contribution < 1.29 is 156 Å². The Labute approximate surface area is 407 Å². The standard InChI is InChI=1S/C37H64N2O32S/c1-10(45)38-19-12(47)3-37(36(58)59,70-30(19)22(52)14(49)5-41)71-31-20(39-11(2)46)33(65-17(8-44)29(31)68-34-26(56)25(55)23(53)16(7-43)64-34)69-32-24(54)18(9-63-72(60,61)62)66-35(27(32)57)67-28(15(50)6-42)21(51)13(48)4-40/h12-35,40-44,47-57H,3-9H2,1-2H3,(H,38,45)(H,39,46)(H,58,59)(H,60,61,62)/t12-,13-,14+,15+,16+,17+,18+,19+,20+,21+,22+,23-,24-,25-,26+,27+,28+,29+,30+,31+,32-,33-,34-,35-,37-/m0/s1. The van der Waals surface area contributed by atoms with Gasteiger partial charge in [0.05, 0.1) is 51.8 Å². The van der Waals surface area contributed by atoms with Crippen molar-refractivity contribution in [3.63, 3.8) is 0 Å². The van der Waals surface area contributed by atoms with Crippen molar-refractivity contribution in [2.45, 2.75) is 173 Å². The summed E-state index contributed by atoms with van der Waals surface area (Å²) in [5.41, 5.74) is 0. The largest absolute Gasteiger partial charge is 0.477 e. The van der Waals surface area contributed by atoms with Gasteiger partial charge in [0.15, 0.2) is 18.9 Å². The summed E-state index contributed by atoms with van der Waals surface area (Å²) in [4.78, 5) is 38.8. The van der Waals surface area contributed by atoms with Crippen LogP contribution in [0.2, 0.25) is 0 Å². The van der Waals surface area contributed by atoms with E-state index in [1.165, 1.54) is 0 Å². The number of ether oxygens (including phenoxy) is 8. The smallest absolute Gasteiger partial charge is 0.397 e. The summed E-state index contributed by atoms with van der Waals surface area (Å²) in [7, 11) is -5.37. The second kappa shape index (κ2) is 26.4. The lowest BCUT2D eigenvalue weighted by Gasteiger charge is -2.53. The minimum Gasteiger partial charge on any atom is -0.477 e. The fraction of sp³-hybridized carbons (Fsp3) is 0.919. The van der Waals surface area contributed by atoms with Crippen molar-refractivity contribution in [1.29, 1.82) is 0 Å². The Kier molecular flexibility index (Phi) is 22.7. The number of aliphatic hydroxyl groups is 16. The van der Waals surface area contributed by atoms with Gasteiger partial charge in [-0.3, -0.25) is 14.1 Å². The van der Waals surface area contributed by atoms with Crippen LogP contribution >= 0.6 is 0 Å². The summed E-state index contributed by atoms with van der Waals surface area (Å²) < 4.78 is 82.9. The maximum absolute atomic E-state index is 13.5. The molecule has 0 bridgehead atoms. The number of hydrogen-bond acceptors (Lipinski definition) is 30. The van der Waals surface area contributed by atoms with Crippen molar-refractivity contribution in [2.75, 3.05) is 39.6 Å². The molecule has 34 nitrogen and oxygen atoms in total. The fourth-order valence-corrected chi connectivity index (χ4v) is 8.57. The third-order valence-corrected chi connectivity index (χ3v) is 12.4. The van der Waals surface area contributed by atoms with Gasteiger partial charge in [-0.05, 0) is 0 Å². The monoisotopic (exact) mass is 1080 g/mol. The predicted molar refractivity (Wildman–Crippen MR) is 220 cm³/mol. The van der Waals surface area contributed by atoms with Gasteiger partial charge in [0.25, 0.3) is 5.79 Å². The average molecular weight is 1080 g/mol. The molecule has 4 aliphatic rings. The molecular weight excluding hydrogens is 1020 g/mol. The Morgan fingerprint density at radius 3 is 1.72 bits per heavy atom. The Morgan fingerprint density at radius 1 is 0.653 bits per heavy atom. The second-order valence-corrected chi connectivity index (χ2v) is 18.2. The highest BCUT2D eigenvalue weighted by molar-refractivity contribution is 7.80. The average Bonchev–Trinajstić information content (AvgIpc) is 3.32. The molecule has 2 amide bonds. The van der Waals surface area contributed by atoms with Crippen LogP contribution in [0.1, 0.15) is 20.3 Å². The number of nitrogens with one attached hydrogen (secondary N) is 2. The van der Waals surface area contributed by atoms with Crippen LogP contribution in [0.4, 0.5) is 0 Å². The molecule has 4 heterocycles. The summed E-state index contributed by atoms with van der Waals surface area (Å²) in [6.45, 7) is -5.59. The Morgan fingerprint density at radius 2 is 1.19 bits per heavy atom. The maximum atomic E-state index is 13.5. The molecule has 0 aromatic heterocycles. The lowest BCUT2D eigenvalue weighted by atomic mass is 9.87. The number of hydrogen-bond donors (Lipinski definition) is 20. The lowest BCUT2D eigenvalue weighted by molar-refractivity contribution is -0.393. The van der Waals surface area contributed by atoms with E-state index in [1.807, 2.05) is 0 Å². The van der Waals surface area contributed by atoms with Crippen molar-refractivity contribution in [2.24, 2.45) is 0 Å². The van der Waals surface area contributed by atoms with Crippen LogP contribution in [-0.2, 0) is 66.9 Å². The van der Waals surface area contributed by atoms with Crippen LogP contribution in [0.5, 0.6) is 0 Å². The minimum absolute atomic E-state index is 0.831. The summed E-state index contributed by atoms with van der Waals surface area (Å²) in [6.07, 6.45) is -50.3. The first-order valence-corrected chi connectivity index (χ1v) is 23.2. The number of aliphatic hydroxyl groups excluding tert-OH is 16. The molecule has 0 aromatic rings. The predicted octanol–water partition coefficient (Wildman–Crippen LogP) is -13.0. The van der Waals surface area contributed by atoms with Crippen LogP contribution in [0.15, 0.2) is 0 Å². The highest BCUT2D eigenvalue weighted by Crippen LogP contribution is 2.40. The molecule has 25 atom stereocenters. The van der Waals surface area contributed by atoms with Gasteiger partial charge in [0.1, 0.15) is 116 Å². The third kappa shape index (κ3) is 14.6. The van der Waals surface area contributed by atoms with E-state index >= 15 is 0 Å². The molecule has 0 aliphatic carbocycles. The van der Waals surface area contributed by atoms with Crippen LogP contribution in [0.25, 0.3) is 0 Å². The summed E-state index contributed by atoms with van der Waals surface area (Å²) >= 11 is 0. The van der Waals surface area contributed by atoms with E-state index in [9.17, 15) is 114 Å². The Balaban J connectivity index is 1.92. The van der Waals surface area contributed by atoms with Crippen LogP contribution in [-0.4, -0.2) is 310 Å². The molecule has 0 aromatic carbocycles. The summed E-state index contributed by atoms with van der Waals surface area (Å²) in [5.74, 6) is -7.59. The summed E-state index contributed by atoms with van der Waals surface area (Å²) in [6, 6.07) is -4.01. The van der Waals surface area contributed by atoms with Crippen LogP contribution < -0.4 is 10.6 Å². The zero-order valence-corrected chi connectivity index (χ0v) is 38.8. The quantitative estimate of drug-likeness (QED) is 0.0399. The second-order valence-electron chi connectivity index (χ2n) is 17.1. The van der Waals surface area contributed by atoms with E-state index in [0.29, 0.717) is 0 Å². The number of carbonyl (C=O) groups is 3. The van der Waals surface area contributed by atoms with E-state index in [1.54, 1.807) is 0 Å². The molecule has 0 saturated carbocycles. The molecule has 4 fully saturated rings. The fourth-order valence-electron chi connectivity index (χ4n) is 8.27. The minimum atomic E-state index is -5.37. The Bertz CT molecular complexity index is 1860. The molecule has 72 heavy (non-hydrogen) atoms. The highest BCUT2D eigenvalue weighted by Gasteiger charge is 2.62. The number of carbonyl (C=O) groups excluding carboxylic acids is 2. The SMILES string of the molecule is CC(=O)N[C@H]1[C@H](O[C@H]2[C@@H](O)[C@@H](COS(=O)(=O)O)O[C@@H](O[C@@H]([C@H](O)[C@@H](O)CO)[C@H](O)CO)[C@@H]2O)O[C@H](CO)[C@@H](O[C@@H]2O[C@H](CO)[C@H](O)[C@H](O)[C@H]2O)[C@@H]1O[C@]1(C(=O)O)C[C@H](O)[C@@H](NC(C)=O)[C@H]([C@H](O)[C@H](O)CO)O1. The maximum Gasteiger partial charge on any atom is 0.397 e. The van der Waals surface area contributed by atoms with Crippen molar-refractivity contribution in [3.8, 4) is 0 Å². The van der Waals surface area contributed by atoms with Gasteiger partial charge in [-0.2, -0.15) is 8.42 Å². The van der Waals surface area contributed by atoms with E-state index in [-0.39, 0.29) is 0 Å². The van der Waals surface area contributed by atoms with Gasteiger partial charge < -0.3 is 135 Å². The zero-order chi connectivity index (χ0) is 54.3. The van der Waals surface area contributed by atoms with Gasteiger partial charge >= 0.3 is 16.4 Å². The first kappa shape index (κ1) is 61.9. The van der Waals surface area contributed by atoms with Gasteiger partial charge in [-0.25, -0.2) is 8.98 Å². The number of aliphatic carboxylic acids is 1. The van der Waals surface area contributed by atoms with Gasteiger partial charge in [-0.1, -0.05) is 0 Å². The van der Waals surface area contributed by atoms with Gasteiger partial charge in [0.2, 0.25) is 11.8 Å². The van der Waals surface area contributed by atoms with E-state index in [2.05, 4.69) is 14.8 Å².